The molecular formula is C6H6O2S2. The van der Waals surface area contributed by atoms with E-state index in [-0.39, 0.29) is 0 Å². The quantitative estimate of drug-likeness (QED) is 0.672. The van der Waals surface area contributed by atoms with Crippen molar-refractivity contribution >= 4 is 29.9 Å². The molecule has 0 saturated carbocycles. The van der Waals surface area contributed by atoms with E-state index in [4.69, 9.17) is 5.11 Å². The van der Waals surface area contributed by atoms with E-state index in [1.54, 1.807) is 11.4 Å². The lowest BCUT2D eigenvalue weighted by atomic mass is 10.3. The largest absolute Gasteiger partial charge is 0.477 e. The molecule has 1 aromatic rings. The summed E-state index contributed by atoms with van der Waals surface area (Å²) in [6, 6.07) is 1.64. The van der Waals surface area contributed by atoms with Gasteiger partial charge in [-0.05, 0) is 17.0 Å². The van der Waals surface area contributed by atoms with Crippen molar-refractivity contribution in [2.24, 2.45) is 0 Å². The number of thiol groups is 1. The lowest BCUT2D eigenvalue weighted by Gasteiger charge is -1.82. The summed E-state index contributed by atoms with van der Waals surface area (Å²) >= 11 is 5.24. The van der Waals surface area contributed by atoms with Gasteiger partial charge in [0.05, 0.1) is 0 Å². The van der Waals surface area contributed by atoms with E-state index in [9.17, 15) is 4.79 Å². The van der Waals surface area contributed by atoms with E-state index in [2.05, 4.69) is 12.6 Å². The Kier molecular flexibility index (Phi) is 2.34. The topological polar surface area (TPSA) is 37.3 Å². The molecule has 0 radical (unpaired) electrons. The molecule has 10 heavy (non-hydrogen) atoms. The van der Waals surface area contributed by atoms with Gasteiger partial charge in [-0.15, -0.1) is 11.3 Å². The molecule has 2 nitrogen and oxygen atoms in total. The molecule has 0 aromatic carbocycles. The summed E-state index contributed by atoms with van der Waals surface area (Å²) < 4.78 is 0. The molecule has 0 atom stereocenters. The molecule has 1 aromatic heterocycles. The second kappa shape index (κ2) is 3.07. The van der Waals surface area contributed by atoms with Crippen LogP contribution in [0.2, 0.25) is 0 Å². The molecule has 54 valence electrons. The molecule has 0 aliphatic heterocycles. The van der Waals surface area contributed by atoms with Gasteiger partial charge in [-0.1, -0.05) is 0 Å². The van der Waals surface area contributed by atoms with Crippen molar-refractivity contribution in [3.8, 4) is 0 Å². The van der Waals surface area contributed by atoms with Gasteiger partial charge >= 0.3 is 5.97 Å². The summed E-state index contributed by atoms with van der Waals surface area (Å²) in [7, 11) is 0. The number of thiophene rings is 1. The first-order chi connectivity index (χ1) is 4.74. The number of hydrogen-bond acceptors (Lipinski definition) is 3. The third kappa shape index (κ3) is 1.52. The lowest BCUT2D eigenvalue weighted by Crippen LogP contribution is -1.90. The number of aromatic carboxylic acids is 1. The van der Waals surface area contributed by atoms with Crippen LogP contribution in [0, 0.1) is 0 Å². The van der Waals surface area contributed by atoms with Crippen LogP contribution in [-0.2, 0) is 5.75 Å². The molecule has 0 saturated heterocycles. The van der Waals surface area contributed by atoms with Crippen molar-refractivity contribution in [2.45, 2.75) is 5.75 Å². The maximum Gasteiger partial charge on any atom is 0.345 e. The molecule has 0 spiro atoms. The second-order valence-electron chi connectivity index (χ2n) is 1.78. The standard InChI is InChI=1S/C6H6O2S2/c7-6(8)5-1-4(2-9)3-10-5/h1,3,9H,2H2,(H,7,8). The molecule has 0 unspecified atom stereocenters. The Morgan fingerprint density at radius 1 is 1.80 bits per heavy atom. The van der Waals surface area contributed by atoms with Crippen LogP contribution >= 0.6 is 24.0 Å². The Morgan fingerprint density at radius 3 is 2.80 bits per heavy atom. The third-order valence-electron chi connectivity index (χ3n) is 1.05. The minimum absolute atomic E-state index is 0.379. The van der Waals surface area contributed by atoms with Gasteiger partial charge in [-0.3, -0.25) is 0 Å². The van der Waals surface area contributed by atoms with Gasteiger partial charge in [0, 0.05) is 5.75 Å². The highest BCUT2D eigenvalue weighted by molar-refractivity contribution is 7.79. The monoisotopic (exact) mass is 174 g/mol. The zero-order chi connectivity index (χ0) is 7.56. The fourth-order valence-electron chi connectivity index (χ4n) is 0.571. The molecule has 0 fully saturated rings. The first kappa shape index (κ1) is 7.63. The highest BCUT2D eigenvalue weighted by Crippen LogP contribution is 2.15. The SMILES string of the molecule is O=C(O)c1cc(CS)cs1. The fraction of sp³-hybridized carbons (Fsp3) is 0.167. The number of carboxylic acid groups (broad SMARTS) is 1. The Bertz CT molecular complexity index is 242. The van der Waals surface area contributed by atoms with E-state index >= 15 is 0 Å². The van der Waals surface area contributed by atoms with Gasteiger partial charge in [0.1, 0.15) is 4.88 Å². The molecule has 0 amide bonds. The maximum absolute atomic E-state index is 10.3. The normalized spacial score (nSPS) is 9.70. The van der Waals surface area contributed by atoms with Crippen LogP contribution in [0.15, 0.2) is 11.4 Å². The van der Waals surface area contributed by atoms with Crippen molar-refractivity contribution in [3.05, 3.63) is 21.9 Å². The summed E-state index contributed by atoms with van der Waals surface area (Å²) in [6.45, 7) is 0. The average Bonchev–Trinajstić information content (AvgIpc) is 2.34. The van der Waals surface area contributed by atoms with Crippen LogP contribution in [0.3, 0.4) is 0 Å². The van der Waals surface area contributed by atoms with Crippen molar-refractivity contribution in [2.75, 3.05) is 0 Å². The molecular weight excluding hydrogens is 168 g/mol. The van der Waals surface area contributed by atoms with Crippen LogP contribution in [0.4, 0.5) is 0 Å². The summed E-state index contributed by atoms with van der Waals surface area (Å²) in [4.78, 5) is 10.7. The van der Waals surface area contributed by atoms with Crippen LogP contribution < -0.4 is 0 Å². The van der Waals surface area contributed by atoms with E-state index < -0.39 is 5.97 Å². The first-order valence-corrected chi connectivity index (χ1v) is 4.17. The molecule has 1 N–H and O–H groups in total. The minimum atomic E-state index is -0.863. The van der Waals surface area contributed by atoms with Crippen molar-refractivity contribution < 1.29 is 9.90 Å². The molecule has 0 aliphatic carbocycles. The van der Waals surface area contributed by atoms with Crippen molar-refractivity contribution in [3.63, 3.8) is 0 Å². The predicted molar refractivity (Wildman–Crippen MR) is 44.0 cm³/mol. The van der Waals surface area contributed by atoms with Gasteiger partial charge in [0.25, 0.3) is 0 Å². The van der Waals surface area contributed by atoms with E-state index in [0.29, 0.717) is 10.6 Å². The fourth-order valence-corrected chi connectivity index (χ4v) is 1.63. The number of carboxylic acids is 1. The van der Waals surface area contributed by atoms with Crippen LogP contribution in [-0.4, -0.2) is 11.1 Å². The predicted octanol–water partition coefficient (Wildman–Crippen LogP) is 1.88. The van der Waals surface area contributed by atoms with Crippen molar-refractivity contribution in [1.82, 2.24) is 0 Å². The first-order valence-electron chi connectivity index (χ1n) is 2.65. The molecule has 0 aliphatic rings. The number of rotatable bonds is 2. The lowest BCUT2D eigenvalue weighted by molar-refractivity contribution is 0.0702. The average molecular weight is 174 g/mol. The summed E-state index contributed by atoms with van der Waals surface area (Å²) in [5, 5.41) is 10.3. The Hall–Kier alpha value is -0.480. The van der Waals surface area contributed by atoms with Gasteiger partial charge in [0.15, 0.2) is 0 Å². The third-order valence-corrected chi connectivity index (χ3v) is 2.38. The minimum Gasteiger partial charge on any atom is -0.477 e. The van der Waals surface area contributed by atoms with Crippen LogP contribution in [0.25, 0.3) is 0 Å². The maximum atomic E-state index is 10.3. The van der Waals surface area contributed by atoms with E-state index in [0.717, 1.165) is 5.56 Å². The van der Waals surface area contributed by atoms with E-state index in [1.807, 2.05) is 0 Å². The Morgan fingerprint density at radius 2 is 2.50 bits per heavy atom. The number of hydrogen-bond donors (Lipinski definition) is 2. The summed E-state index contributed by atoms with van der Waals surface area (Å²) in [5.41, 5.74) is 0.964. The smallest absolute Gasteiger partial charge is 0.345 e. The van der Waals surface area contributed by atoms with Gasteiger partial charge in [-0.25, -0.2) is 4.79 Å². The number of carbonyl (C=O) groups is 1. The highest BCUT2D eigenvalue weighted by Gasteiger charge is 2.04. The molecule has 1 rings (SSSR count). The zero-order valence-corrected chi connectivity index (χ0v) is 6.78. The van der Waals surface area contributed by atoms with Gasteiger partial charge in [-0.2, -0.15) is 12.6 Å². The highest BCUT2D eigenvalue weighted by atomic mass is 32.1. The molecule has 1 heterocycles. The summed E-state index contributed by atoms with van der Waals surface area (Å²) in [5.74, 6) is -0.262. The summed E-state index contributed by atoms with van der Waals surface area (Å²) in [6.07, 6.45) is 0. The van der Waals surface area contributed by atoms with Gasteiger partial charge < -0.3 is 5.11 Å². The van der Waals surface area contributed by atoms with Crippen molar-refractivity contribution in [1.29, 1.82) is 0 Å². The Balaban J connectivity index is 2.88. The van der Waals surface area contributed by atoms with Crippen LogP contribution in [0.1, 0.15) is 15.2 Å². The zero-order valence-electron chi connectivity index (χ0n) is 5.07. The van der Waals surface area contributed by atoms with E-state index in [1.165, 1.54) is 11.3 Å². The molecule has 0 bridgehead atoms. The van der Waals surface area contributed by atoms with Gasteiger partial charge in [0.2, 0.25) is 0 Å². The van der Waals surface area contributed by atoms with Crippen LogP contribution in [0.5, 0.6) is 0 Å². The second-order valence-corrected chi connectivity index (χ2v) is 3.01. The molecule has 4 heteroatoms. The Labute approximate surface area is 67.9 Å².